The van der Waals surface area contributed by atoms with Crippen LogP contribution in [0.25, 0.3) is 21.6 Å². The molecule has 1 saturated heterocycles. The lowest BCUT2D eigenvalue weighted by atomic mass is 10.1. The smallest absolute Gasteiger partial charge is 0.162 e. The van der Waals surface area contributed by atoms with Gasteiger partial charge in [-0.05, 0) is 41.3 Å². The van der Waals surface area contributed by atoms with Crippen LogP contribution in [0.15, 0.2) is 53.9 Å². The average molecular weight is 437 g/mol. The largest absolute Gasteiger partial charge is 0.508 e. The zero-order valence-electron chi connectivity index (χ0n) is 16.7. The summed E-state index contributed by atoms with van der Waals surface area (Å²) in [6.07, 6.45) is 0. The van der Waals surface area contributed by atoms with Crippen molar-refractivity contribution in [3.63, 3.8) is 0 Å². The monoisotopic (exact) mass is 436 g/mol. The molecule has 0 radical (unpaired) electrons. The van der Waals surface area contributed by atoms with Crippen LogP contribution < -0.4 is 10.2 Å². The molecule has 1 aliphatic heterocycles. The number of phenols is 1. The maximum absolute atomic E-state index is 13.1. The van der Waals surface area contributed by atoms with E-state index < -0.39 is 0 Å². The zero-order valence-corrected chi connectivity index (χ0v) is 17.5. The molecular weight excluding hydrogens is 415 g/mol. The molecule has 8 heteroatoms. The fourth-order valence-corrected chi connectivity index (χ4v) is 4.46. The number of thiophene rings is 1. The number of benzene rings is 2. The zero-order chi connectivity index (χ0) is 21.2. The van der Waals surface area contributed by atoms with Gasteiger partial charge in [-0.25, -0.2) is 14.4 Å². The third-order valence-corrected chi connectivity index (χ3v) is 6.08. The molecule has 158 valence electrons. The highest BCUT2D eigenvalue weighted by Crippen LogP contribution is 2.33. The van der Waals surface area contributed by atoms with Crippen molar-refractivity contribution in [1.29, 1.82) is 0 Å². The normalized spacial score (nSPS) is 14.2. The Hall–Kier alpha value is -3.23. The highest BCUT2D eigenvalue weighted by atomic mass is 32.1. The maximum atomic E-state index is 13.1. The van der Waals surface area contributed by atoms with Gasteiger partial charge in [0.15, 0.2) is 11.6 Å². The predicted octanol–water partition coefficient (Wildman–Crippen LogP) is 4.65. The highest BCUT2D eigenvalue weighted by molar-refractivity contribution is 7.17. The van der Waals surface area contributed by atoms with Gasteiger partial charge in [0.25, 0.3) is 0 Å². The minimum absolute atomic E-state index is 0.126. The number of hydrogen-bond donors (Lipinski definition) is 2. The molecule has 6 nitrogen and oxygen atoms in total. The predicted molar refractivity (Wildman–Crippen MR) is 121 cm³/mol. The number of fused-ring (bicyclic) bond motifs is 1. The first-order chi connectivity index (χ1) is 15.2. The van der Waals surface area contributed by atoms with Crippen molar-refractivity contribution < 1.29 is 14.2 Å². The number of aromatic hydroxyl groups is 1. The van der Waals surface area contributed by atoms with Crippen LogP contribution in [0.5, 0.6) is 5.75 Å². The van der Waals surface area contributed by atoms with Gasteiger partial charge in [-0.3, -0.25) is 0 Å². The number of nitrogens with one attached hydrogen (secondary N) is 1. The molecule has 3 heterocycles. The van der Waals surface area contributed by atoms with E-state index in [-0.39, 0.29) is 11.6 Å². The molecule has 4 aromatic rings. The molecule has 5 rings (SSSR count). The standard InChI is InChI=1S/C23H21FN4O2S/c24-17-3-1-15(2-4-17)14-25-18-11-16(12-19(29)13-18)22-26-20-5-10-31-21(20)23(27-22)28-6-8-30-9-7-28/h1-5,10-13,25,29H,6-9,14H2. The third kappa shape index (κ3) is 4.30. The number of hydrogen-bond acceptors (Lipinski definition) is 7. The van der Waals surface area contributed by atoms with Crippen LogP contribution in [0.4, 0.5) is 15.9 Å². The van der Waals surface area contributed by atoms with E-state index in [2.05, 4.69) is 10.2 Å². The summed E-state index contributed by atoms with van der Waals surface area (Å²) in [6, 6.07) is 13.6. The van der Waals surface area contributed by atoms with Crippen LogP contribution in [0.3, 0.4) is 0 Å². The lowest BCUT2D eigenvalue weighted by Gasteiger charge is -2.28. The quantitative estimate of drug-likeness (QED) is 0.475. The number of phenolic OH excluding ortho intramolecular Hbond substituents is 1. The van der Waals surface area contributed by atoms with Gasteiger partial charge in [-0.1, -0.05) is 12.1 Å². The number of rotatable bonds is 5. The van der Waals surface area contributed by atoms with Crippen molar-refractivity contribution >= 4 is 33.1 Å². The van der Waals surface area contributed by atoms with Crippen LogP contribution >= 0.6 is 11.3 Å². The molecule has 1 fully saturated rings. The molecule has 2 aromatic carbocycles. The van der Waals surface area contributed by atoms with E-state index in [0.717, 1.165) is 45.9 Å². The first kappa shape index (κ1) is 19.7. The Morgan fingerprint density at radius 1 is 1.06 bits per heavy atom. The summed E-state index contributed by atoms with van der Waals surface area (Å²) in [5, 5.41) is 15.6. The van der Waals surface area contributed by atoms with Gasteiger partial charge in [0.2, 0.25) is 0 Å². The van der Waals surface area contributed by atoms with E-state index in [0.29, 0.717) is 25.6 Å². The van der Waals surface area contributed by atoms with E-state index in [1.807, 2.05) is 17.5 Å². The molecule has 0 unspecified atom stereocenters. The van der Waals surface area contributed by atoms with Gasteiger partial charge < -0.3 is 20.1 Å². The first-order valence-corrected chi connectivity index (χ1v) is 10.9. The summed E-state index contributed by atoms with van der Waals surface area (Å²) in [5.41, 5.74) is 3.29. The Morgan fingerprint density at radius 2 is 1.87 bits per heavy atom. The third-order valence-electron chi connectivity index (χ3n) is 5.18. The van der Waals surface area contributed by atoms with Gasteiger partial charge in [-0.2, -0.15) is 0 Å². The summed E-state index contributed by atoms with van der Waals surface area (Å²) in [4.78, 5) is 11.8. The second kappa shape index (κ2) is 8.49. The molecule has 0 atom stereocenters. The number of nitrogens with zero attached hydrogens (tertiary/aromatic N) is 3. The molecule has 2 aromatic heterocycles. The lowest BCUT2D eigenvalue weighted by molar-refractivity contribution is 0.122. The second-order valence-electron chi connectivity index (χ2n) is 7.35. The molecule has 2 N–H and O–H groups in total. The Bertz CT molecular complexity index is 1210. The van der Waals surface area contributed by atoms with Gasteiger partial charge in [0.05, 0.1) is 23.4 Å². The van der Waals surface area contributed by atoms with Gasteiger partial charge in [0.1, 0.15) is 11.6 Å². The van der Waals surface area contributed by atoms with Crippen molar-refractivity contribution in [1.82, 2.24) is 9.97 Å². The summed E-state index contributed by atoms with van der Waals surface area (Å²) in [5.74, 6) is 1.33. The topological polar surface area (TPSA) is 70.5 Å². The Balaban J connectivity index is 1.47. The van der Waals surface area contributed by atoms with Gasteiger partial charge in [-0.15, -0.1) is 11.3 Å². The average Bonchev–Trinajstić information content (AvgIpc) is 3.27. The molecule has 0 bridgehead atoms. The van der Waals surface area contributed by atoms with Crippen molar-refractivity contribution in [3.05, 3.63) is 65.3 Å². The van der Waals surface area contributed by atoms with Crippen LogP contribution in [-0.2, 0) is 11.3 Å². The number of ether oxygens (including phenoxy) is 1. The van der Waals surface area contributed by atoms with Crippen LogP contribution in [0.1, 0.15) is 5.56 Å². The minimum Gasteiger partial charge on any atom is -0.508 e. The minimum atomic E-state index is -0.263. The maximum Gasteiger partial charge on any atom is 0.162 e. The van der Waals surface area contributed by atoms with E-state index in [1.165, 1.54) is 12.1 Å². The van der Waals surface area contributed by atoms with Crippen molar-refractivity contribution in [2.24, 2.45) is 0 Å². The van der Waals surface area contributed by atoms with Crippen molar-refractivity contribution in [2.45, 2.75) is 6.54 Å². The number of aromatic nitrogens is 2. The van der Waals surface area contributed by atoms with Crippen LogP contribution in [0.2, 0.25) is 0 Å². The molecular formula is C23H21FN4O2S. The SMILES string of the molecule is Oc1cc(NCc2ccc(F)cc2)cc(-c2nc(N3CCOCC3)c3sccc3n2)c1. The van der Waals surface area contributed by atoms with E-state index in [1.54, 1.807) is 35.6 Å². The fourth-order valence-electron chi connectivity index (χ4n) is 3.62. The Labute approximate surface area is 183 Å². The van der Waals surface area contributed by atoms with E-state index in [9.17, 15) is 9.50 Å². The molecule has 1 aliphatic rings. The summed E-state index contributed by atoms with van der Waals surface area (Å²) in [6.45, 7) is 3.43. The second-order valence-corrected chi connectivity index (χ2v) is 8.27. The number of morpholine rings is 1. The van der Waals surface area contributed by atoms with Crippen LogP contribution in [-0.4, -0.2) is 41.4 Å². The van der Waals surface area contributed by atoms with Crippen LogP contribution in [0, 0.1) is 5.82 Å². The summed E-state index contributed by atoms with van der Waals surface area (Å²) < 4.78 is 19.7. The summed E-state index contributed by atoms with van der Waals surface area (Å²) >= 11 is 1.63. The molecule has 31 heavy (non-hydrogen) atoms. The van der Waals surface area contributed by atoms with E-state index in [4.69, 9.17) is 14.7 Å². The fraction of sp³-hybridized carbons (Fsp3) is 0.217. The van der Waals surface area contributed by atoms with E-state index >= 15 is 0 Å². The number of anilines is 2. The molecule has 0 saturated carbocycles. The molecule has 0 amide bonds. The molecule has 0 spiro atoms. The lowest BCUT2D eigenvalue weighted by Crippen LogP contribution is -2.36. The Morgan fingerprint density at radius 3 is 2.68 bits per heavy atom. The molecule has 0 aliphatic carbocycles. The summed E-state index contributed by atoms with van der Waals surface area (Å²) in [7, 11) is 0. The number of halogens is 1. The Kier molecular flexibility index (Phi) is 5.40. The van der Waals surface area contributed by atoms with Gasteiger partial charge in [0, 0.05) is 37.0 Å². The van der Waals surface area contributed by atoms with Crippen molar-refractivity contribution in [3.8, 4) is 17.1 Å². The first-order valence-electron chi connectivity index (χ1n) is 10.1. The van der Waals surface area contributed by atoms with Crippen molar-refractivity contribution in [2.75, 3.05) is 36.5 Å². The highest BCUT2D eigenvalue weighted by Gasteiger charge is 2.19. The van der Waals surface area contributed by atoms with Gasteiger partial charge >= 0.3 is 0 Å².